The highest BCUT2D eigenvalue weighted by Crippen LogP contribution is 2.15. The molecule has 0 aromatic carbocycles. The smallest absolute Gasteiger partial charge is 0.192 e. The molecule has 0 unspecified atom stereocenters. The Morgan fingerprint density at radius 2 is 2.16 bits per heavy atom. The van der Waals surface area contributed by atoms with Gasteiger partial charge in [-0.2, -0.15) is 0 Å². The van der Waals surface area contributed by atoms with Crippen LogP contribution in [0.4, 0.5) is 0 Å². The number of hydrogen-bond donors (Lipinski definition) is 2. The first-order valence-electron chi connectivity index (χ1n) is 8.60. The molecule has 0 bridgehead atoms. The van der Waals surface area contributed by atoms with Crippen molar-refractivity contribution in [1.82, 2.24) is 30.4 Å². The largest absolute Gasteiger partial charge is 0.357 e. The summed E-state index contributed by atoms with van der Waals surface area (Å²) in [4.78, 5) is 10.3. The van der Waals surface area contributed by atoms with Crippen LogP contribution in [0.25, 0.3) is 0 Å². The highest BCUT2D eigenvalue weighted by Gasteiger charge is 2.14. The maximum Gasteiger partial charge on any atom is 0.192 e. The zero-order valence-corrected chi connectivity index (χ0v) is 17.9. The van der Waals surface area contributed by atoms with E-state index >= 15 is 0 Å². The van der Waals surface area contributed by atoms with E-state index in [0.29, 0.717) is 13.1 Å². The molecule has 0 radical (unpaired) electrons. The predicted octanol–water partition coefficient (Wildman–Crippen LogP) is 2.64. The summed E-state index contributed by atoms with van der Waals surface area (Å²) in [5.41, 5.74) is 0. The fraction of sp³-hybridized carbons (Fsp3) is 0.625. The van der Waals surface area contributed by atoms with Crippen LogP contribution in [0, 0.1) is 6.92 Å². The lowest BCUT2D eigenvalue weighted by molar-refractivity contribution is 0.605. The summed E-state index contributed by atoms with van der Waals surface area (Å²) in [6.45, 7) is 7.18. The van der Waals surface area contributed by atoms with Crippen LogP contribution in [0.3, 0.4) is 0 Å². The molecule has 0 aliphatic carbocycles. The first-order chi connectivity index (χ1) is 11.8. The molecule has 2 aromatic rings. The van der Waals surface area contributed by atoms with Crippen molar-refractivity contribution in [1.29, 1.82) is 0 Å². The van der Waals surface area contributed by atoms with Gasteiger partial charge in [-0.15, -0.1) is 45.5 Å². The second kappa shape index (κ2) is 10.0. The van der Waals surface area contributed by atoms with Crippen LogP contribution in [-0.2, 0) is 26.1 Å². The topological polar surface area (TPSA) is 80.0 Å². The number of nitrogens with one attached hydrogen (secondary N) is 2. The zero-order chi connectivity index (χ0) is 16.8. The van der Waals surface area contributed by atoms with Gasteiger partial charge in [-0.1, -0.05) is 6.42 Å². The fourth-order valence-corrected chi connectivity index (χ4v) is 3.52. The maximum absolute atomic E-state index is 4.66. The van der Waals surface area contributed by atoms with Gasteiger partial charge >= 0.3 is 0 Å². The average molecular weight is 475 g/mol. The van der Waals surface area contributed by atoms with Crippen molar-refractivity contribution >= 4 is 41.3 Å². The molecule has 0 saturated carbocycles. The third-order valence-corrected chi connectivity index (χ3v) is 4.90. The van der Waals surface area contributed by atoms with Gasteiger partial charge in [0.2, 0.25) is 0 Å². The van der Waals surface area contributed by atoms with Gasteiger partial charge in [-0.05, 0) is 26.7 Å². The molecule has 9 heteroatoms. The van der Waals surface area contributed by atoms with E-state index in [9.17, 15) is 0 Å². The first-order valence-corrected chi connectivity index (χ1v) is 9.42. The Morgan fingerprint density at radius 3 is 2.92 bits per heavy atom. The molecule has 1 aliphatic rings. The van der Waals surface area contributed by atoms with Gasteiger partial charge in [0.1, 0.15) is 17.4 Å². The number of halogens is 1. The molecule has 7 nitrogen and oxygen atoms in total. The minimum atomic E-state index is 0. The van der Waals surface area contributed by atoms with Gasteiger partial charge in [-0.3, -0.25) is 0 Å². The molecule has 0 amide bonds. The van der Waals surface area contributed by atoms with E-state index in [2.05, 4.69) is 49.2 Å². The van der Waals surface area contributed by atoms with Crippen LogP contribution < -0.4 is 10.6 Å². The van der Waals surface area contributed by atoms with Crippen LogP contribution >= 0.6 is 35.3 Å². The maximum atomic E-state index is 4.66. The van der Waals surface area contributed by atoms with Crippen LogP contribution in [0.15, 0.2) is 11.2 Å². The van der Waals surface area contributed by atoms with E-state index in [4.69, 9.17) is 0 Å². The Labute approximate surface area is 169 Å². The minimum Gasteiger partial charge on any atom is -0.357 e. The van der Waals surface area contributed by atoms with Crippen molar-refractivity contribution in [2.45, 2.75) is 59.2 Å². The molecule has 0 atom stereocenters. The summed E-state index contributed by atoms with van der Waals surface area (Å²) < 4.78 is 2.24. The van der Waals surface area contributed by atoms with Crippen LogP contribution in [0.1, 0.15) is 47.7 Å². The predicted molar refractivity (Wildman–Crippen MR) is 111 cm³/mol. The third-order valence-electron chi connectivity index (χ3n) is 3.99. The monoisotopic (exact) mass is 475 g/mol. The lowest BCUT2D eigenvalue weighted by Crippen LogP contribution is -2.36. The van der Waals surface area contributed by atoms with Gasteiger partial charge in [-0.25, -0.2) is 9.98 Å². The van der Waals surface area contributed by atoms with Crippen LogP contribution in [-0.4, -0.2) is 32.3 Å². The summed E-state index contributed by atoms with van der Waals surface area (Å²) in [5, 5.41) is 16.3. The van der Waals surface area contributed by atoms with Crippen LogP contribution in [0.5, 0.6) is 0 Å². The average Bonchev–Trinajstić information content (AvgIpc) is 3.09. The highest BCUT2D eigenvalue weighted by molar-refractivity contribution is 14.0. The molecule has 25 heavy (non-hydrogen) atoms. The van der Waals surface area contributed by atoms with E-state index in [0.717, 1.165) is 42.1 Å². The van der Waals surface area contributed by atoms with Gasteiger partial charge in [0.05, 0.1) is 6.54 Å². The number of hydrogen-bond acceptors (Lipinski definition) is 5. The SMILES string of the molecule is CCNC(=NCc1nnc2n1CCCCC2)NCc1ncc(C)s1.I. The van der Waals surface area contributed by atoms with Gasteiger partial charge < -0.3 is 15.2 Å². The second-order valence-corrected chi connectivity index (χ2v) is 7.23. The summed E-state index contributed by atoms with van der Waals surface area (Å²) in [7, 11) is 0. The normalized spacial score (nSPS) is 14.4. The number of aromatic nitrogens is 4. The van der Waals surface area contributed by atoms with Gasteiger partial charge in [0.15, 0.2) is 11.8 Å². The fourth-order valence-electron chi connectivity index (χ4n) is 2.80. The summed E-state index contributed by atoms with van der Waals surface area (Å²) >= 11 is 1.70. The van der Waals surface area contributed by atoms with Crippen molar-refractivity contribution in [3.63, 3.8) is 0 Å². The summed E-state index contributed by atoms with van der Waals surface area (Å²) in [6, 6.07) is 0. The Morgan fingerprint density at radius 1 is 1.28 bits per heavy atom. The van der Waals surface area contributed by atoms with Crippen molar-refractivity contribution in [2.75, 3.05) is 6.54 Å². The summed E-state index contributed by atoms with van der Waals surface area (Å²) in [5.74, 6) is 2.85. The molecule has 2 N–H and O–H groups in total. The molecule has 1 aliphatic heterocycles. The molecular weight excluding hydrogens is 449 g/mol. The number of nitrogens with zero attached hydrogens (tertiary/aromatic N) is 5. The number of aryl methyl sites for hydroxylation is 2. The van der Waals surface area contributed by atoms with Gasteiger partial charge in [0.25, 0.3) is 0 Å². The van der Waals surface area contributed by atoms with Gasteiger partial charge in [0, 0.05) is 30.6 Å². The summed E-state index contributed by atoms with van der Waals surface area (Å²) in [6.07, 6.45) is 6.60. The van der Waals surface area contributed by atoms with E-state index in [1.54, 1.807) is 11.3 Å². The minimum absolute atomic E-state index is 0. The Kier molecular flexibility index (Phi) is 8.07. The molecule has 0 spiro atoms. The van der Waals surface area contributed by atoms with Crippen molar-refractivity contribution in [3.05, 3.63) is 27.7 Å². The number of fused-ring (bicyclic) bond motifs is 1. The zero-order valence-electron chi connectivity index (χ0n) is 14.8. The number of thiazole rings is 1. The number of aliphatic imine (C=N–C) groups is 1. The molecule has 138 valence electrons. The molecular formula is C16H26IN7S. The van der Waals surface area contributed by atoms with Crippen molar-refractivity contribution < 1.29 is 0 Å². The second-order valence-electron chi connectivity index (χ2n) is 5.91. The lowest BCUT2D eigenvalue weighted by Gasteiger charge is -2.10. The molecule has 3 rings (SSSR count). The van der Waals surface area contributed by atoms with E-state index in [1.165, 1.54) is 24.1 Å². The van der Waals surface area contributed by atoms with E-state index in [-0.39, 0.29) is 24.0 Å². The quantitative estimate of drug-likeness (QED) is 0.395. The van der Waals surface area contributed by atoms with Crippen molar-refractivity contribution in [3.8, 4) is 0 Å². The van der Waals surface area contributed by atoms with Crippen molar-refractivity contribution in [2.24, 2.45) is 4.99 Å². The first kappa shape index (κ1) is 20.1. The molecule has 2 aromatic heterocycles. The Hall–Kier alpha value is -1.23. The Bertz CT molecular complexity index is 694. The lowest BCUT2D eigenvalue weighted by atomic mass is 10.2. The highest BCUT2D eigenvalue weighted by atomic mass is 127. The Balaban J connectivity index is 0.00000225. The standard InChI is InChI=1S/C16H25N7S.HI/c1-3-17-16(20-11-15-18-9-12(2)24-15)19-10-14-22-21-13-7-5-4-6-8-23(13)14;/h9H,3-8,10-11H2,1-2H3,(H2,17,19,20);1H. The van der Waals surface area contributed by atoms with Crippen LogP contribution in [0.2, 0.25) is 0 Å². The van der Waals surface area contributed by atoms with E-state index in [1.807, 2.05) is 6.20 Å². The molecule has 0 saturated heterocycles. The number of rotatable bonds is 5. The number of guanidine groups is 1. The molecule has 3 heterocycles. The third kappa shape index (κ3) is 5.63. The molecule has 0 fully saturated rings. The van der Waals surface area contributed by atoms with E-state index < -0.39 is 0 Å².